The molecule has 6 nitrogen and oxygen atoms in total. The molecule has 0 aliphatic carbocycles. The number of nitrogens with two attached hydrogens (primary N) is 1. The van der Waals surface area contributed by atoms with Gasteiger partial charge in [0.25, 0.3) is 0 Å². The number of aryl methyl sites for hydroxylation is 1. The van der Waals surface area contributed by atoms with E-state index >= 15 is 0 Å². The average Bonchev–Trinajstić information content (AvgIpc) is 2.69. The Balaban J connectivity index is 2.92. The van der Waals surface area contributed by atoms with Gasteiger partial charge in [0.2, 0.25) is 0 Å². The van der Waals surface area contributed by atoms with Crippen molar-refractivity contribution >= 4 is 5.97 Å². The van der Waals surface area contributed by atoms with E-state index in [0.717, 1.165) is 0 Å². The van der Waals surface area contributed by atoms with E-state index in [9.17, 15) is 9.18 Å². The van der Waals surface area contributed by atoms with Crippen LogP contribution in [0.5, 0.6) is 0 Å². The second-order valence-corrected chi connectivity index (χ2v) is 3.18. The van der Waals surface area contributed by atoms with Crippen LogP contribution in [-0.2, 0) is 17.7 Å². The summed E-state index contributed by atoms with van der Waals surface area (Å²) in [6.45, 7) is 0.318. The van der Waals surface area contributed by atoms with Crippen LogP contribution in [0.25, 0.3) is 0 Å². The highest BCUT2D eigenvalue weighted by atomic mass is 19.1. The normalized spacial score (nSPS) is 10.4. The molecule has 1 aromatic rings. The summed E-state index contributed by atoms with van der Waals surface area (Å²) in [5, 5.41) is 7.50. The minimum atomic E-state index is -0.546. The van der Waals surface area contributed by atoms with Crippen LogP contribution in [0, 0.1) is 0 Å². The summed E-state index contributed by atoms with van der Waals surface area (Å²) in [6, 6.07) is 0. The highest BCUT2D eigenvalue weighted by Crippen LogP contribution is 2.08. The number of esters is 1. The highest BCUT2D eigenvalue weighted by molar-refractivity contribution is 5.88. The van der Waals surface area contributed by atoms with Gasteiger partial charge in [0.1, 0.15) is 0 Å². The predicted molar refractivity (Wildman–Crippen MR) is 54.7 cm³/mol. The second-order valence-electron chi connectivity index (χ2n) is 3.18. The van der Waals surface area contributed by atoms with Gasteiger partial charge < -0.3 is 10.5 Å². The number of carbonyl (C=O) groups excluding carboxylic acids is 1. The number of nitrogens with zero attached hydrogens (tertiary/aromatic N) is 3. The molecular formula is C9H15FN4O2. The molecule has 0 unspecified atom stereocenters. The molecule has 0 saturated heterocycles. The van der Waals surface area contributed by atoms with E-state index in [4.69, 9.17) is 5.73 Å². The van der Waals surface area contributed by atoms with Gasteiger partial charge in [-0.3, -0.25) is 4.39 Å². The number of hydrogen-bond donors (Lipinski definition) is 1. The van der Waals surface area contributed by atoms with Crippen LogP contribution in [0.4, 0.5) is 4.39 Å². The van der Waals surface area contributed by atoms with Gasteiger partial charge >= 0.3 is 5.97 Å². The SMILES string of the molecule is COC(=O)c1nnn(CCCF)c1CCN. The smallest absolute Gasteiger partial charge is 0.360 e. The van der Waals surface area contributed by atoms with Gasteiger partial charge in [-0.05, 0) is 13.0 Å². The van der Waals surface area contributed by atoms with Crippen molar-refractivity contribution in [1.82, 2.24) is 15.0 Å². The van der Waals surface area contributed by atoms with Crippen LogP contribution < -0.4 is 5.73 Å². The Morgan fingerprint density at radius 2 is 2.38 bits per heavy atom. The molecule has 1 heterocycles. The Labute approximate surface area is 92.6 Å². The highest BCUT2D eigenvalue weighted by Gasteiger charge is 2.19. The Morgan fingerprint density at radius 1 is 1.62 bits per heavy atom. The molecule has 16 heavy (non-hydrogen) atoms. The maximum absolute atomic E-state index is 12.1. The van der Waals surface area contributed by atoms with Gasteiger partial charge in [0, 0.05) is 13.0 Å². The quantitative estimate of drug-likeness (QED) is 0.691. The third-order valence-corrected chi connectivity index (χ3v) is 2.10. The summed E-state index contributed by atoms with van der Waals surface area (Å²) in [7, 11) is 1.27. The summed E-state index contributed by atoms with van der Waals surface area (Å²) >= 11 is 0. The largest absolute Gasteiger partial charge is 0.464 e. The van der Waals surface area contributed by atoms with Gasteiger partial charge in [-0.1, -0.05) is 5.21 Å². The van der Waals surface area contributed by atoms with E-state index in [-0.39, 0.29) is 5.69 Å². The van der Waals surface area contributed by atoms with Crippen molar-refractivity contribution in [2.75, 3.05) is 20.3 Å². The standard InChI is InChI=1S/C9H15FN4O2/c1-16-9(15)8-7(3-5-11)14(13-12-8)6-2-4-10/h2-6,11H2,1H3. The van der Waals surface area contributed by atoms with E-state index in [1.54, 1.807) is 0 Å². The van der Waals surface area contributed by atoms with Crippen LogP contribution in [-0.4, -0.2) is 41.3 Å². The molecule has 0 spiro atoms. The van der Waals surface area contributed by atoms with Crippen molar-refractivity contribution in [3.8, 4) is 0 Å². The molecule has 0 aliphatic heterocycles. The van der Waals surface area contributed by atoms with Crippen molar-refractivity contribution in [2.24, 2.45) is 5.73 Å². The maximum atomic E-state index is 12.1. The fourth-order valence-electron chi connectivity index (χ4n) is 1.36. The molecule has 0 aromatic carbocycles. The van der Waals surface area contributed by atoms with Gasteiger partial charge in [-0.15, -0.1) is 5.10 Å². The maximum Gasteiger partial charge on any atom is 0.360 e. The molecule has 0 saturated carbocycles. The third kappa shape index (κ3) is 2.75. The molecule has 1 aromatic heterocycles. The van der Waals surface area contributed by atoms with Gasteiger partial charge in [0.15, 0.2) is 5.69 Å². The molecule has 0 atom stereocenters. The van der Waals surface area contributed by atoms with Crippen LogP contribution in [0.2, 0.25) is 0 Å². The number of rotatable bonds is 6. The lowest BCUT2D eigenvalue weighted by atomic mass is 10.2. The summed E-state index contributed by atoms with van der Waals surface area (Å²) in [5.41, 5.74) is 6.19. The third-order valence-electron chi connectivity index (χ3n) is 2.10. The van der Waals surface area contributed by atoms with Crippen LogP contribution in [0.15, 0.2) is 0 Å². The summed E-state index contributed by atoms with van der Waals surface area (Å²) < 4.78 is 18.1. The van der Waals surface area contributed by atoms with Gasteiger partial charge in [-0.2, -0.15) is 0 Å². The van der Waals surface area contributed by atoms with E-state index < -0.39 is 12.6 Å². The van der Waals surface area contributed by atoms with Crippen molar-refractivity contribution < 1.29 is 13.9 Å². The number of ether oxygens (including phenoxy) is 1. The summed E-state index contributed by atoms with van der Waals surface area (Å²) in [5.74, 6) is -0.546. The fraction of sp³-hybridized carbons (Fsp3) is 0.667. The second kappa shape index (κ2) is 6.16. The minimum Gasteiger partial charge on any atom is -0.464 e. The molecule has 0 aliphatic rings. The number of carbonyl (C=O) groups is 1. The van der Waals surface area contributed by atoms with E-state index in [1.165, 1.54) is 11.8 Å². The molecule has 0 radical (unpaired) electrons. The molecule has 90 valence electrons. The fourth-order valence-corrected chi connectivity index (χ4v) is 1.36. The Kier molecular flexibility index (Phi) is 4.84. The van der Waals surface area contributed by atoms with Crippen molar-refractivity contribution in [1.29, 1.82) is 0 Å². The van der Waals surface area contributed by atoms with Gasteiger partial charge in [0.05, 0.1) is 19.5 Å². The number of alkyl halides is 1. The number of aromatic nitrogens is 3. The first kappa shape index (κ1) is 12.6. The van der Waals surface area contributed by atoms with Crippen LogP contribution in [0.1, 0.15) is 22.6 Å². The van der Waals surface area contributed by atoms with Crippen molar-refractivity contribution in [2.45, 2.75) is 19.4 Å². The Morgan fingerprint density at radius 3 is 2.94 bits per heavy atom. The van der Waals surface area contributed by atoms with Gasteiger partial charge in [-0.25, -0.2) is 9.48 Å². The predicted octanol–water partition coefficient (Wildman–Crippen LogP) is -0.0745. The minimum absolute atomic E-state index is 0.159. The first-order chi connectivity index (χ1) is 7.74. The van der Waals surface area contributed by atoms with Crippen molar-refractivity contribution in [3.63, 3.8) is 0 Å². The zero-order valence-electron chi connectivity index (χ0n) is 9.15. The molecule has 0 bridgehead atoms. The van der Waals surface area contributed by atoms with Crippen LogP contribution >= 0.6 is 0 Å². The lowest BCUT2D eigenvalue weighted by molar-refractivity contribution is 0.0592. The average molecular weight is 230 g/mol. The number of hydrogen-bond acceptors (Lipinski definition) is 5. The summed E-state index contributed by atoms with van der Waals surface area (Å²) in [4.78, 5) is 11.3. The molecule has 1 rings (SSSR count). The molecule has 0 fully saturated rings. The molecule has 0 amide bonds. The first-order valence-electron chi connectivity index (χ1n) is 5.01. The Bertz CT molecular complexity index is 353. The zero-order valence-corrected chi connectivity index (χ0v) is 9.15. The first-order valence-corrected chi connectivity index (χ1v) is 5.01. The molecular weight excluding hydrogens is 215 g/mol. The van der Waals surface area contributed by atoms with E-state index in [1.807, 2.05) is 0 Å². The molecule has 2 N–H and O–H groups in total. The lowest BCUT2D eigenvalue weighted by Crippen LogP contribution is -2.14. The van der Waals surface area contributed by atoms with E-state index in [0.29, 0.717) is 31.6 Å². The number of methoxy groups -OCH3 is 1. The zero-order chi connectivity index (χ0) is 12.0. The number of halogens is 1. The Hall–Kier alpha value is -1.50. The van der Waals surface area contributed by atoms with E-state index in [2.05, 4.69) is 15.0 Å². The monoisotopic (exact) mass is 230 g/mol. The lowest BCUT2D eigenvalue weighted by Gasteiger charge is -2.04. The summed E-state index contributed by atoms with van der Waals surface area (Å²) in [6.07, 6.45) is 0.797. The topological polar surface area (TPSA) is 83.0 Å². The van der Waals surface area contributed by atoms with Crippen molar-refractivity contribution in [3.05, 3.63) is 11.4 Å². The molecule has 7 heteroatoms. The van der Waals surface area contributed by atoms with Crippen LogP contribution in [0.3, 0.4) is 0 Å².